The van der Waals surface area contributed by atoms with Gasteiger partial charge in [0.25, 0.3) is 0 Å². The molecule has 1 aromatic heterocycles. The van der Waals surface area contributed by atoms with Crippen molar-refractivity contribution < 1.29 is 4.42 Å². The van der Waals surface area contributed by atoms with Crippen LogP contribution >= 0.6 is 0 Å². The van der Waals surface area contributed by atoms with E-state index in [1.807, 2.05) is 19.0 Å². The molecule has 1 unspecified atom stereocenters. The van der Waals surface area contributed by atoms with Crippen LogP contribution in [0.3, 0.4) is 0 Å². The lowest BCUT2D eigenvalue weighted by molar-refractivity contribution is 0.343. The first-order valence-corrected chi connectivity index (χ1v) is 6.54. The predicted molar refractivity (Wildman–Crippen MR) is 72.8 cm³/mol. The van der Waals surface area contributed by atoms with Crippen LogP contribution < -0.4 is 5.32 Å². The van der Waals surface area contributed by atoms with Crippen LogP contribution in [0.15, 0.2) is 28.7 Å². The van der Waals surface area contributed by atoms with Gasteiger partial charge in [-0.3, -0.25) is 0 Å². The number of nitrogens with one attached hydrogen (secondary N) is 1. The highest BCUT2D eigenvalue weighted by molar-refractivity contribution is 5.39. The third-order valence-corrected chi connectivity index (χ3v) is 3.35. The summed E-state index contributed by atoms with van der Waals surface area (Å²) in [4.78, 5) is 2.00. The third-order valence-electron chi connectivity index (χ3n) is 3.35. The molecule has 3 rings (SSSR count). The number of anilines is 1. The van der Waals surface area contributed by atoms with Crippen LogP contribution in [0.4, 0.5) is 6.01 Å². The molecule has 0 saturated carbocycles. The normalized spacial score (nSPS) is 17.7. The highest BCUT2D eigenvalue weighted by Crippen LogP contribution is 2.33. The Kier molecular flexibility index (Phi) is 3.21. The zero-order chi connectivity index (χ0) is 13.2. The molecule has 0 radical (unpaired) electrons. The Labute approximate surface area is 112 Å². The fraction of sp³-hybridized carbons (Fsp3) is 0.429. The highest BCUT2D eigenvalue weighted by Gasteiger charge is 2.23. The minimum absolute atomic E-state index is 0.281. The SMILES string of the molecule is CN(C)Cc1nnc(NC2CCc3ccccc32)o1. The van der Waals surface area contributed by atoms with Crippen molar-refractivity contribution in [2.24, 2.45) is 0 Å². The van der Waals surface area contributed by atoms with Crippen molar-refractivity contribution in [2.75, 3.05) is 19.4 Å². The van der Waals surface area contributed by atoms with Crippen LogP contribution in [0.25, 0.3) is 0 Å². The zero-order valence-electron chi connectivity index (χ0n) is 11.3. The van der Waals surface area contributed by atoms with Crippen molar-refractivity contribution in [1.82, 2.24) is 15.1 Å². The van der Waals surface area contributed by atoms with E-state index in [1.54, 1.807) is 0 Å². The molecule has 1 aromatic carbocycles. The van der Waals surface area contributed by atoms with Gasteiger partial charge in [-0.25, -0.2) is 0 Å². The Morgan fingerprint density at radius 3 is 3.00 bits per heavy atom. The Morgan fingerprint density at radius 2 is 2.16 bits per heavy atom. The van der Waals surface area contributed by atoms with E-state index in [0.29, 0.717) is 18.5 Å². The summed E-state index contributed by atoms with van der Waals surface area (Å²) in [6.45, 7) is 0.663. The molecule has 100 valence electrons. The maximum atomic E-state index is 5.60. The molecule has 1 aliphatic rings. The molecule has 0 amide bonds. The first kappa shape index (κ1) is 12.2. The number of rotatable bonds is 4. The van der Waals surface area contributed by atoms with Gasteiger partial charge in [0, 0.05) is 0 Å². The second kappa shape index (κ2) is 5.01. The molecule has 19 heavy (non-hydrogen) atoms. The number of hydrogen-bond acceptors (Lipinski definition) is 5. The van der Waals surface area contributed by atoms with E-state index >= 15 is 0 Å². The van der Waals surface area contributed by atoms with Crippen molar-refractivity contribution in [3.63, 3.8) is 0 Å². The van der Waals surface area contributed by atoms with Gasteiger partial charge >= 0.3 is 6.01 Å². The monoisotopic (exact) mass is 258 g/mol. The van der Waals surface area contributed by atoms with E-state index in [0.717, 1.165) is 12.8 Å². The largest absolute Gasteiger partial charge is 0.407 e. The predicted octanol–water partition coefficient (Wildman–Crippen LogP) is 2.23. The maximum Gasteiger partial charge on any atom is 0.315 e. The molecular weight excluding hydrogens is 240 g/mol. The zero-order valence-corrected chi connectivity index (χ0v) is 11.3. The van der Waals surface area contributed by atoms with Crippen molar-refractivity contribution >= 4 is 6.01 Å². The summed E-state index contributed by atoms with van der Waals surface area (Å²) in [6.07, 6.45) is 2.18. The van der Waals surface area contributed by atoms with Gasteiger partial charge in [-0.15, -0.1) is 5.10 Å². The lowest BCUT2D eigenvalue weighted by Crippen LogP contribution is -2.10. The summed E-state index contributed by atoms with van der Waals surface area (Å²) in [7, 11) is 3.95. The van der Waals surface area contributed by atoms with E-state index in [2.05, 4.69) is 39.8 Å². The van der Waals surface area contributed by atoms with Crippen LogP contribution in [-0.4, -0.2) is 29.2 Å². The smallest absolute Gasteiger partial charge is 0.315 e. The summed E-state index contributed by atoms with van der Waals surface area (Å²) < 4.78 is 5.60. The molecule has 5 nitrogen and oxygen atoms in total. The average molecular weight is 258 g/mol. The minimum Gasteiger partial charge on any atom is -0.407 e. The topological polar surface area (TPSA) is 54.2 Å². The van der Waals surface area contributed by atoms with Gasteiger partial charge in [-0.05, 0) is 38.1 Å². The maximum absolute atomic E-state index is 5.60. The Balaban J connectivity index is 1.71. The first-order chi connectivity index (χ1) is 9.22. The second-order valence-corrected chi connectivity index (χ2v) is 5.17. The molecule has 5 heteroatoms. The van der Waals surface area contributed by atoms with Gasteiger partial charge in [-0.1, -0.05) is 29.4 Å². The quantitative estimate of drug-likeness (QED) is 0.911. The molecule has 0 fully saturated rings. The van der Waals surface area contributed by atoms with Gasteiger partial charge in [0.1, 0.15) is 0 Å². The summed E-state index contributed by atoms with van der Waals surface area (Å²) in [5.41, 5.74) is 2.75. The third kappa shape index (κ3) is 2.61. The number of benzene rings is 1. The fourth-order valence-electron chi connectivity index (χ4n) is 2.50. The summed E-state index contributed by atoms with van der Waals surface area (Å²) >= 11 is 0. The van der Waals surface area contributed by atoms with E-state index in [4.69, 9.17) is 4.42 Å². The second-order valence-electron chi connectivity index (χ2n) is 5.17. The summed E-state index contributed by atoms with van der Waals surface area (Å²) in [5.74, 6) is 0.638. The molecule has 1 atom stereocenters. The first-order valence-electron chi connectivity index (χ1n) is 6.54. The van der Waals surface area contributed by atoms with Gasteiger partial charge in [0.2, 0.25) is 5.89 Å². The summed E-state index contributed by atoms with van der Waals surface area (Å²) in [5, 5.41) is 11.4. The molecule has 0 aliphatic heterocycles. The molecule has 0 saturated heterocycles. The van der Waals surface area contributed by atoms with Gasteiger partial charge in [-0.2, -0.15) is 0 Å². The van der Waals surface area contributed by atoms with Crippen LogP contribution in [0.2, 0.25) is 0 Å². The number of aromatic nitrogens is 2. The van der Waals surface area contributed by atoms with Crippen LogP contribution in [0.1, 0.15) is 29.5 Å². The summed E-state index contributed by atoms with van der Waals surface area (Å²) in [6, 6.07) is 9.30. The molecule has 1 N–H and O–H groups in total. The van der Waals surface area contributed by atoms with Crippen LogP contribution in [0.5, 0.6) is 0 Å². The number of fused-ring (bicyclic) bond motifs is 1. The fourth-order valence-corrected chi connectivity index (χ4v) is 2.50. The van der Waals surface area contributed by atoms with Crippen molar-refractivity contribution in [3.05, 3.63) is 41.3 Å². The molecule has 1 heterocycles. The van der Waals surface area contributed by atoms with E-state index in [9.17, 15) is 0 Å². The molecule has 2 aromatic rings. The van der Waals surface area contributed by atoms with E-state index in [1.165, 1.54) is 11.1 Å². The Bertz CT molecular complexity index is 564. The highest BCUT2D eigenvalue weighted by atomic mass is 16.4. The molecule has 0 spiro atoms. The Hall–Kier alpha value is -1.88. The standard InChI is InChI=1S/C14H18N4O/c1-18(2)9-13-16-17-14(19-13)15-12-8-7-10-5-3-4-6-11(10)12/h3-6,12H,7-9H2,1-2H3,(H,15,17). The molecule has 0 bridgehead atoms. The van der Waals surface area contributed by atoms with Gasteiger partial charge in [0.15, 0.2) is 0 Å². The molecule has 1 aliphatic carbocycles. The van der Waals surface area contributed by atoms with E-state index in [-0.39, 0.29) is 6.04 Å². The Morgan fingerprint density at radius 1 is 1.32 bits per heavy atom. The average Bonchev–Trinajstić information content (AvgIpc) is 2.97. The van der Waals surface area contributed by atoms with Gasteiger partial charge in [0.05, 0.1) is 12.6 Å². The number of aryl methyl sites for hydroxylation is 1. The van der Waals surface area contributed by atoms with Crippen molar-refractivity contribution in [2.45, 2.75) is 25.4 Å². The molecular formula is C14H18N4O. The van der Waals surface area contributed by atoms with Crippen molar-refractivity contribution in [3.8, 4) is 0 Å². The van der Waals surface area contributed by atoms with Crippen LogP contribution in [-0.2, 0) is 13.0 Å². The van der Waals surface area contributed by atoms with Crippen LogP contribution in [0, 0.1) is 0 Å². The van der Waals surface area contributed by atoms with Crippen molar-refractivity contribution in [1.29, 1.82) is 0 Å². The lowest BCUT2D eigenvalue weighted by atomic mass is 10.1. The lowest BCUT2D eigenvalue weighted by Gasteiger charge is -2.11. The van der Waals surface area contributed by atoms with E-state index < -0.39 is 0 Å². The minimum atomic E-state index is 0.281. The van der Waals surface area contributed by atoms with Gasteiger partial charge < -0.3 is 14.6 Å². The number of nitrogens with zero attached hydrogens (tertiary/aromatic N) is 3. The number of hydrogen-bond donors (Lipinski definition) is 1.